The zero-order valence-electron chi connectivity index (χ0n) is 12.2. The first kappa shape index (κ1) is 15.0. The van der Waals surface area contributed by atoms with E-state index in [2.05, 4.69) is 26.1 Å². The van der Waals surface area contributed by atoms with Crippen molar-refractivity contribution in [2.45, 2.75) is 77.4 Å². The van der Waals surface area contributed by atoms with E-state index in [0.29, 0.717) is 6.04 Å². The van der Waals surface area contributed by atoms with Gasteiger partial charge in [-0.25, -0.2) is 0 Å². The largest absolute Gasteiger partial charge is 0.378 e. The molecule has 0 aliphatic heterocycles. The molecule has 1 aliphatic rings. The van der Waals surface area contributed by atoms with E-state index < -0.39 is 0 Å². The van der Waals surface area contributed by atoms with Crippen LogP contribution in [0.25, 0.3) is 0 Å². The third kappa shape index (κ3) is 3.96. The molecule has 1 rings (SSSR count). The van der Waals surface area contributed by atoms with Gasteiger partial charge in [0, 0.05) is 13.2 Å². The second-order valence-corrected chi connectivity index (χ2v) is 5.58. The number of rotatable bonds is 9. The predicted octanol–water partition coefficient (Wildman–Crippen LogP) is 3.75. The smallest absolute Gasteiger partial charge is 0.0693 e. The summed E-state index contributed by atoms with van der Waals surface area (Å²) in [6.45, 7) is 8.01. The standard InChI is InChI=1S/C15H31NO/c1-5-11-16-14(13(6-2)7-3)12-15(17-4)9-8-10-15/h13-14,16H,5-12H2,1-4H3. The van der Waals surface area contributed by atoms with Crippen LogP contribution in [0.15, 0.2) is 0 Å². The molecule has 2 nitrogen and oxygen atoms in total. The Balaban J connectivity index is 2.55. The molecule has 17 heavy (non-hydrogen) atoms. The van der Waals surface area contributed by atoms with Crippen molar-refractivity contribution >= 4 is 0 Å². The molecule has 1 aliphatic carbocycles. The van der Waals surface area contributed by atoms with E-state index in [1.807, 2.05) is 7.11 Å². The first-order valence-corrected chi connectivity index (χ1v) is 7.49. The van der Waals surface area contributed by atoms with Crippen molar-refractivity contribution in [3.05, 3.63) is 0 Å². The Labute approximate surface area is 108 Å². The molecule has 2 heteroatoms. The Morgan fingerprint density at radius 2 is 1.82 bits per heavy atom. The van der Waals surface area contributed by atoms with Crippen LogP contribution in [-0.4, -0.2) is 25.3 Å². The maximum atomic E-state index is 5.78. The molecule has 0 saturated heterocycles. The molecule has 0 heterocycles. The van der Waals surface area contributed by atoms with Crippen LogP contribution in [0.4, 0.5) is 0 Å². The van der Waals surface area contributed by atoms with E-state index in [9.17, 15) is 0 Å². The maximum absolute atomic E-state index is 5.78. The van der Waals surface area contributed by atoms with Crippen molar-refractivity contribution in [3.63, 3.8) is 0 Å². The normalized spacial score (nSPS) is 20.3. The van der Waals surface area contributed by atoms with Crippen LogP contribution < -0.4 is 5.32 Å². The second-order valence-electron chi connectivity index (χ2n) is 5.58. The fourth-order valence-electron chi connectivity index (χ4n) is 3.06. The summed E-state index contributed by atoms with van der Waals surface area (Å²) < 4.78 is 5.78. The van der Waals surface area contributed by atoms with Gasteiger partial charge in [-0.1, -0.05) is 33.6 Å². The summed E-state index contributed by atoms with van der Waals surface area (Å²) in [6.07, 6.45) is 8.83. The quantitative estimate of drug-likeness (QED) is 0.664. The summed E-state index contributed by atoms with van der Waals surface area (Å²) >= 11 is 0. The molecule has 1 saturated carbocycles. The zero-order chi connectivity index (χ0) is 12.7. The number of ether oxygens (including phenoxy) is 1. The van der Waals surface area contributed by atoms with Gasteiger partial charge in [-0.15, -0.1) is 0 Å². The fourth-order valence-corrected chi connectivity index (χ4v) is 3.06. The van der Waals surface area contributed by atoms with Crippen molar-refractivity contribution in [1.82, 2.24) is 5.32 Å². The summed E-state index contributed by atoms with van der Waals surface area (Å²) in [7, 11) is 1.89. The van der Waals surface area contributed by atoms with E-state index >= 15 is 0 Å². The molecule has 0 aromatic carbocycles. The van der Waals surface area contributed by atoms with E-state index in [1.54, 1.807) is 0 Å². The van der Waals surface area contributed by atoms with Crippen LogP contribution in [0, 0.1) is 5.92 Å². The molecule has 0 spiro atoms. The lowest BCUT2D eigenvalue weighted by Crippen LogP contribution is -2.48. The SMILES string of the molecule is CCCNC(CC1(OC)CCC1)C(CC)CC. The van der Waals surface area contributed by atoms with E-state index in [4.69, 9.17) is 4.74 Å². The van der Waals surface area contributed by atoms with Crippen LogP contribution >= 0.6 is 0 Å². The first-order chi connectivity index (χ1) is 8.21. The van der Waals surface area contributed by atoms with Crippen molar-refractivity contribution in [2.75, 3.05) is 13.7 Å². The molecular weight excluding hydrogens is 210 g/mol. The van der Waals surface area contributed by atoms with Gasteiger partial charge < -0.3 is 10.1 Å². The topological polar surface area (TPSA) is 21.3 Å². The predicted molar refractivity (Wildman–Crippen MR) is 74.4 cm³/mol. The van der Waals surface area contributed by atoms with Crippen LogP contribution in [-0.2, 0) is 4.74 Å². The van der Waals surface area contributed by atoms with E-state index in [0.717, 1.165) is 12.5 Å². The minimum absolute atomic E-state index is 0.202. The zero-order valence-corrected chi connectivity index (χ0v) is 12.2. The summed E-state index contributed by atoms with van der Waals surface area (Å²) in [5.41, 5.74) is 0.202. The van der Waals surface area contributed by atoms with Crippen molar-refractivity contribution in [2.24, 2.45) is 5.92 Å². The van der Waals surface area contributed by atoms with Crippen molar-refractivity contribution < 1.29 is 4.74 Å². The van der Waals surface area contributed by atoms with Crippen molar-refractivity contribution in [3.8, 4) is 0 Å². The number of hydrogen-bond acceptors (Lipinski definition) is 2. The summed E-state index contributed by atoms with van der Waals surface area (Å²) in [6, 6.07) is 0.644. The third-order valence-corrected chi connectivity index (χ3v) is 4.56. The highest BCUT2D eigenvalue weighted by molar-refractivity contribution is 4.94. The van der Waals surface area contributed by atoms with Gasteiger partial charge in [0.2, 0.25) is 0 Å². The minimum Gasteiger partial charge on any atom is -0.378 e. The van der Waals surface area contributed by atoms with Gasteiger partial charge in [0.15, 0.2) is 0 Å². The maximum Gasteiger partial charge on any atom is 0.0693 e. The van der Waals surface area contributed by atoms with E-state index in [1.165, 1.54) is 44.9 Å². The Morgan fingerprint density at radius 1 is 1.18 bits per heavy atom. The van der Waals surface area contributed by atoms with Crippen LogP contribution in [0.3, 0.4) is 0 Å². The van der Waals surface area contributed by atoms with Gasteiger partial charge in [0.1, 0.15) is 0 Å². The Morgan fingerprint density at radius 3 is 2.18 bits per heavy atom. The molecule has 0 bridgehead atoms. The molecule has 0 amide bonds. The molecule has 0 radical (unpaired) electrons. The fraction of sp³-hybridized carbons (Fsp3) is 1.00. The van der Waals surface area contributed by atoms with Crippen LogP contribution in [0.1, 0.15) is 65.7 Å². The molecule has 1 fully saturated rings. The lowest BCUT2D eigenvalue weighted by atomic mass is 9.73. The van der Waals surface area contributed by atoms with Gasteiger partial charge >= 0.3 is 0 Å². The molecular formula is C15H31NO. The average Bonchev–Trinajstić information content (AvgIpc) is 2.31. The molecule has 0 aromatic heterocycles. The lowest BCUT2D eigenvalue weighted by molar-refractivity contribution is -0.0871. The highest BCUT2D eigenvalue weighted by Gasteiger charge is 2.40. The Hall–Kier alpha value is -0.0800. The first-order valence-electron chi connectivity index (χ1n) is 7.49. The molecule has 1 unspecified atom stereocenters. The Bertz CT molecular complexity index is 192. The highest BCUT2D eigenvalue weighted by Crippen LogP contribution is 2.40. The lowest BCUT2D eigenvalue weighted by Gasteiger charge is -2.44. The molecule has 1 atom stereocenters. The van der Waals surface area contributed by atoms with Crippen LogP contribution in [0.2, 0.25) is 0 Å². The molecule has 1 N–H and O–H groups in total. The van der Waals surface area contributed by atoms with E-state index in [-0.39, 0.29) is 5.60 Å². The van der Waals surface area contributed by atoms with Gasteiger partial charge in [-0.05, 0) is 44.6 Å². The van der Waals surface area contributed by atoms with Gasteiger partial charge in [-0.3, -0.25) is 0 Å². The third-order valence-electron chi connectivity index (χ3n) is 4.56. The molecule has 0 aromatic rings. The summed E-state index contributed by atoms with van der Waals surface area (Å²) in [5.74, 6) is 0.800. The second kappa shape index (κ2) is 7.38. The molecule has 102 valence electrons. The van der Waals surface area contributed by atoms with Gasteiger partial charge in [0.25, 0.3) is 0 Å². The Kier molecular flexibility index (Phi) is 6.50. The van der Waals surface area contributed by atoms with Gasteiger partial charge in [-0.2, -0.15) is 0 Å². The summed E-state index contributed by atoms with van der Waals surface area (Å²) in [4.78, 5) is 0. The van der Waals surface area contributed by atoms with Gasteiger partial charge in [0.05, 0.1) is 5.60 Å². The minimum atomic E-state index is 0.202. The highest BCUT2D eigenvalue weighted by atomic mass is 16.5. The van der Waals surface area contributed by atoms with Crippen molar-refractivity contribution in [1.29, 1.82) is 0 Å². The number of methoxy groups -OCH3 is 1. The number of nitrogens with one attached hydrogen (secondary N) is 1. The number of hydrogen-bond donors (Lipinski definition) is 1. The summed E-state index contributed by atoms with van der Waals surface area (Å²) in [5, 5.41) is 3.75. The van der Waals surface area contributed by atoms with Crippen LogP contribution in [0.5, 0.6) is 0 Å². The average molecular weight is 241 g/mol. The monoisotopic (exact) mass is 241 g/mol.